The number of amides is 1. The van der Waals surface area contributed by atoms with E-state index in [9.17, 15) is 14.9 Å². The fourth-order valence-electron chi connectivity index (χ4n) is 1.36. The summed E-state index contributed by atoms with van der Waals surface area (Å²) >= 11 is 0. The largest absolute Gasteiger partial charge is 0.371 e. The molecule has 0 aromatic heterocycles. The number of nitro benzene ring substituents is 1. The Bertz CT molecular complexity index is 469. The van der Waals surface area contributed by atoms with Gasteiger partial charge in [-0.15, -0.1) is 0 Å². The summed E-state index contributed by atoms with van der Waals surface area (Å²) in [4.78, 5) is 21.4. The van der Waals surface area contributed by atoms with Crippen molar-refractivity contribution >= 4 is 17.3 Å². The summed E-state index contributed by atoms with van der Waals surface area (Å²) in [7, 11) is 0. The van der Waals surface area contributed by atoms with Crippen LogP contribution in [0.2, 0.25) is 0 Å². The molecule has 0 fully saturated rings. The molecule has 0 heterocycles. The number of hydrogen-bond donors (Lipinski definition) is 2. The number of carbonyl (C=O) groups is 1. The van der Waals surface area contributed by atoms with Crippen LogP contribution in [0.4, 0.5) is 11.4 Å². The molecule has 0 aliphatic rings. The number of nitrogens with zero attached hydrogens (tertiary/aromatic N) is 1. The van der Waals surface area contributed by atoms with Gasteiger partial charge in [-0.25, -0.2) is 0 Å². The number of nitrogens with one attached hydrogen (secondary N) is 1. The van der Waals surface area contributed by atoms with E-state index in [1.165, 1.54) is 12.1 Å². The van der Waals surface area contributed by atoms with E-state index in [4.69, 9.17) is 5.73 Å². The van der Waals surface area contributed by atoms with Crippen molar-refractivity contribution in [3.63, 3.8) is 0 Å². The Hall–Kier alpha value is -2.11. The summed E-state index contributed by atoms with van der Waals surface area (Å²) in [6.45, 7) is 4.97. The number of carbonyl (C=O) groups excluding carboxylic acids is 1. The molecule has 0 atom stereocenters. The van der Waals surface area contributed by atoms with Crippen LogP contribution >= 0.6 is 0 Å². The summed E-state index contributed by atoms with van der Waals surface area (Å²) in [6.07, 6.45) is 0. The van der Waals surface area contributed by atoms with Crippen LogP contribution in [0.5, 0.6) is 0 Å². The zero-order valence-electron chi connectivity index (χ0n) is 9.98. The Balaban J connectivity index is 3.07. The second kappa shape index (κ2) is 4.40. The highest BCUT2D eigenvalue weighted by Gasteiger charge is 2.25. The predicted molar refractivity (Wildman–Crippen MR) is 64.7 cm³/mol. The normalized spacial score (nSPS) is 11.0. The highest BCUT2D eigenvalue weighted by atomic mass is 16.6. The molecule has 0 aliphatic heterocycles. The van der Waals surface area contributed by atoms with Gasteiger partial charge in [0.1, 0.15) is 5.54 Å². The second-order valence-corrected chi connectivity index (χ2v) is 4.43. The van der Waals surface area contributed by atoms with Gasteiger partial charge in [0.15, 0.2) is 0 Å². The molecule has 6 heteroatoms. The maximum absolute atomic E-state index is 11.2. The van der Waals surface area contributed by atoms with Gasteiger partial charge in [0.25, 0.3) is 5.69 Å². The van der Waals surface area contributed by atoms with Gasteiger partial charge in [0.05, 0.1) is 4.92 Å². The fraction of sp³-hybridized carbons (Fsp3) is 0.364. The van der Waals surface area contributed by atoms with Crippen LogP contribution in [0, 0.1) is 17.0 Å². The molecule has 0 saturated heterocycles. The Morgan fingerprint density at radius 2 is 2.00 bits per heavy atom. The van der Waals surface area contributed by atoms with E-state index in [1.807, 2.05) is 0 Å². The summed E-state index contributed by atoms with van der Waals surface area (Å²) in [5.41, 5.74) is 5.48. The van der Waals surface area contributed by atoms with Crippen LogP contribution in [0.3, 0.4) is 0 Å². The van der Waals surface area contributed by atoms with Crippen LogP contribution in [0.15, 0.2) is 18.2 Å². The quantitative estimate of drug-likeness (QED) is 0.613. The maximum Gasteiger partial charge on any atom is 0.271 e. The van der Waals surface area contributed by atoms with E-state index in [0.717, 1.165) is 5.56 Å². The molecule has 92 valence electrons. The van der Waals surface area contributed by atoms with Gasteiger partial charge < -0.3 is 11.1 Å². The van der Waals surface area contributed by atoms with Crippen molar-refractivity contribution < 1.29 is 9.72 Å². The van der Waals surface area contributed by atoms with Crippen LogP contribution < -0.4 is 11.1 Å². The van der Waals surface area contributed by atoms with Gasteiger partial charge in [-0.1, -0.05) is 0 Å². The summed E-state index contributed by atoms with van der Waals surface area (Å²) in [5, 5.41) is 13.6. The van der Waals surface area contributed by atoms with Crippen LogP contribution in [-0.4, -0.2) is 16.4 Å². The average molecular weight is 237 g/mol. The molecule has 6 nitrogen and oxygen atoms in total. The molecule has 0 spiro atoms. The highest BCUT2D eigenvalue weighted by Crippen LogP contribution is 2.23. The van der Waals surface area contributed by atoms with Crippen LogP contribution in [0.25, 0.3) is 0 Å². The van der Waals surface area contributed by atoms with Crippen molar-refractivity contribution in [2.24, 2.45) is 5.73 Å². The number of hydrogen-bond acceptors (Lipinski definition) is 4. The lowest BCUT2D eigenvalue weighted by Crippen LogP contribution is -2.45. The molecule has 0 bridgehead atoms. The average Bonchev–Trinajstić information content (AvgIpc) is 2.15. The number of benzene rings is 1. The summed E-state index contributed by atoms with van der Waals surface area (Å²) in [5.74, 6) is -0.526. The molecule has 1 aromatic rings. The third kappa shape index (κ3) is 3.17. The summed E-state index contributed by atoms with van der Waals surface area (Å²) in [6, 6.07) is 4.55. The van der Waals surface area contributed by atoms with Crippen molar-refractivity contribution in [1.82, 2.24) is 0 Å². The first kappa shape index (κ1) is 13.0. The Labute approximate surface area is 99.0 Å². The van der Waals surface area contributed by atoms with Gasteiger partial charge in [-0.3, -0.25) is 14.9 Å². The number of aryl methyl sites for hydroxylation is 1. The smallest absolute Gasteiger partial charge is 0.271 e. The van der Waals surface area contributed by atoms with Crippen molar-refractivity contribution in [2.45, 2.75) is 26.3 Å². The van der Waals surface area contributed by atoms with Gasteiger partial charge in [-0.2, -0.15) is 0 Å². The van der Waals surface area contributed by atoms with Crippen molar-refractivity contribution in [1.29, 1.82) is 0 Å². The minimum Gasteiger partial charge on any atom is -0.371 e. The molecule has 1 aromatic carbocycles. The lowest BCUT2D eigenvalue weighted by Gasteiger charge is -2.23. The third-order valence-corrected chi connectivity index (χ3v) is 2.35. The number of nitro groups is 1. The molecular formula is C11H15N3O3. The molecular weight excluding hydrogens is 222 g/mol. The fourth-order valence-corrected chi connectivity index (χ4v) is 1.36. The molecule has 0 saturated carbocycles. The summed E-state index contributed by atoms with van der Waals surface area (Å²) < 4.78 is 0. The first-order valence-corrected chi connectivity index (χ1v) is 5.06. The van der Waals surface area contributed by atoms with E-state index < -0.39 is 16.4 Å². The van der Waals surface area contributed by atoms with E-state index in [-0.39, 0.29) is 5.69 Å². The molecule has 3 N–H and O–H groups in total. The van der Waals surface area contributed by atoms with Gasteiger partial charge in [0, 0.05) is 17.8 Å². The van der Waals surface area contributed by atoms with Crippen molar-refractivity contribution in [3.8, 4) is 0 Å². The minimum atomic E-state index is -0.957. The number of nitrogens with two attached hydrogens (primary N) is 1. The number of anilines is 1. The van der Waals surface area contributed by atoms with E-state index in [1.54, 1.807) is 26.8 Å². The zero-order chi connectivity index (χ0) is 13.2. The topological polar surface area (TPSA) is 98.3 Å². The first-order valence-electron chi connectivity index (χ1n) is 5.06. The Morgan fingerprint density at radius 3 is 2.47 bits per heavy atom. The minimum absolute atomic E-state index is 0.0206. The van der Waals surface area contributed by atoms with Crippen molar-refractivity contribution in [2.75, 3.05) is 5.32 Å². The Morgan fingerprint density at radius 1 is 1.41 bits per heavy atom. The van der Waals surface area contributed by atoms with Crippen LogP contribution in [-0.2, 0) is 4.79 Å². The van der Waals surface area contributed by atoms with E-state index in [0.29, 0.717) is 5.69 Å². The maximum atomic E-state index is 11.2. The molecule has 0 radical (unpaired) electrons. The van der Waals surface area contributed by atoms with Gasteiger partial charge >= 0.3 is 0 Å². The number of rotatable bonds is 4. The monoisotopic (exact) mass is 237 g/mol. The van der Waals surface area contributed by atoms with Gasteiger partial charge in [0.2, 0.25) is 5.91 Å². The van der Waals surface area contributed by atoms with E-state index in [2.05, 4.69) is 5.32 Å². The third-order valence-electron chi connectivity index (χ3n) is 2.35. The molecule has 1 amide bonds. The van der Waals surface area contributed by atoms with Crippen LogP contribution in [0.1, 0.15) is 19.4 Å². The first-order chi connectivity index (χ1) is 7.72. The molecule has 0 aliphatic carbocycles. The number of primary amides is 1. The zero-order valence-corrected chi connectivity index (χ0v) is 9.98. The predicted octanol–water partition coefficient (Wildman–Crippen LogP) is 1.58. The van der Waals surface area contributed by atoms with Crippen molar-refractivity contribution in [3.05, 3.63) is 33.9 Å². The Kier molecular flexibility index (Phi) is 3.36. The molecule has 1 rings (SSSR count). The number of non-ortho nitro benzene ring substituents is 1. The lowest BCUT2D eigenvalue weighted by molar-refractivity contribution is -0.384. The standard InChI is InChI=1S/C11H15N3O3/c1-7-4-8(6-9(5-7)14(16)17)13-11(2,3)10(12)15/h4-6,13H,1-3H3,(H2,12,15). The second-order valence-electron chi connectivity index (χ2n) is 4.43. The van der Waals surface area contributed by atoms with E-state index >= 15 is 0 Å². The molecule has 17 heavy (non-hydrogen) atoms. The highest BCUT2D eigenvalue weighted by molar-refractivity contribution is 5.87. The lowest BCUT2D eigenvalue weighted by atomic mass is 10.0. The SMILES string of the molecule is Cc1cc(NC(C)(C)C(N)=O)cc([N+](=O)[O-])c1. The molecule has 0 unspecified atom stereocenters. The van der Waals surface area contributed by atoms with Gasteiger partial charge in [-0.05, 0) is 32.4 Å².